The van der Waals surface area contributed by atoms with Gasteiger partial charge in [0.05, 0.1) is 5.60 Å². The molecule has 1 saturated carbocycles. The molecule has 0 bridgehead atoms. The fraction of sp³-hybridized carbons (Fsp3) is 0.700. The maximum atomic E-state index is 10.4. The Morgan fingerprint density at radius 2 is 2.23 bits per heavy atom. The number of carboxylic acids is 1. The van der Waals surface area contributed by atoms with E-state index in [1.165, 1.54) is 6.08 Å². The van der Waals surface area contributed by atoms with Gasteiger partial charge >= 0.3 is 5.97 Å². The number of aliphatic carboxylic acids is 1. The summed E-state index contributed by atoms with van der Waals surface area (Å²) in [5, 5.41) is 18.2. The number of carboxylic acid groups (broad SMARTS) is 1. The van der Waals surface area contributed by atoms with Gasteiger partial charge in [-0.1, -0.05) is 5.57 Å². The normalized spacial score (nSPS) is 26.7. The summed E-state index contributed by atoms with van der Waals surface area (Å²) in [5.74, 6) is -0.676. The smallest absolute Gasteiger partial charge is 0.328 e. The first-order valence-corrected chi connectivity index (χ1v) is 4.54. The molecule has 0 radical (unpaired) electrons. The molecule has 0 aromatic rings. The first kappa shape index (κ1) is 10.3. The average Bonchev–Trinajstić information content (AvgIpc) is 2.32. The maximum Gasteiger partial charge on any atom is 0.328 e. The van der Waals surface area contributed by atoms with Crippen molar-refractivity contribution in [1.82, 2.24) is 0 Å². The Hall–Kier alpha value is -0.830. The van der Waals surface area contributed by atoms with E-state index in [0.29, 0.717) is 0 Å². The fourth-order valence-electron chi connectivity index (χ4n) is 1.79. The predicted molar refractivity (Wildman–Crippen MR) is 49.4 cm³/mol. The zero-order valence-corrected chi connectivity index (χ0v) is 8.08. The Morgan fingerprint density at radius 3 is 2.62 bits per heavy atom. The van der Waals surface area contributed by atoms with Gasteiger partial charge in [-0.25, -0.2) is 4.79 Å². The summed E-state index contributed by atoms with van der Waals surface area (Å²) in [6, 6.07) is 0. The zero-order valence-electron chi connectivity index (χ0n) is 8.08. The lowest BCUT2D eigenvalue weighted by molar-refractivity contribution is -0.131. The third kappa shape index (κ3) is 2.84. The zero-order chi connectivity index (χ0) is 10.1. The Balaban J connectivity index is 2.60. The molecular formula is C10H16O3. The minimum Gasteiger partial charge on any atom is -0.478 e. The molecule has 0 heterocycles. The quantitative estimate of drug-likeness (QED) is 0.640. The van der Waals surface area contributed by atoms with Gasteiger partial charge in [0.25, 0.3) is 0 Å². The van der Waals surface area contributed by atoms with Crippen LogP contribution in [0.1, 0.15) is 33.1 Å². The molecule has 0 aliphatic heterocycles. The van der Waals surface area contributed by atoms with Gasteiger partial charge in [0.15, 0.2) is 0 Å². The van der Waals surface area contributed by atoms with Gasteiger partial charge in [0.2, 0.25) is 0 Å². The van der Waals surface area contributed by atoms with E-state index in [4.69, 9.17) is 5.11 Å². The first-order chi connectivity index (χ1) is 5.89. The molecule has 1 aliphatic rings. The number of rotatable bonds is 2. The molecule has 0 saturated heterocycles. The topological polar surface area (TPSA) is 57.5 Å². The van der Waals surface area contributed by atoms with Crippen LogP contribution in [-0.2, 0) is 4.79 Å². The summed E-state index contributed by atoms with van der Waals surface area (Å²) in [6.45, 7) is 3.56. The highest BCUT2D eigenvalue weighted by Gasteiger charge is 2.31. The van der Waals surface area contributed by atoms with Gasteiger partial charge in [0, 0.05) is 6.08 Å². The molecule has 1 fully saturated rings. The van der Waals surface area contributed by atoms with E-state index >= 15 is 0 Å². The van der Waals surface area contributed by atoms with Crippen LogP contribution >= 0.6 is 0 Å². The minimum absolute atomic E-state index is 0.207. The van der Waals surface area contributed by atoms with Crippen molar-refractivity contribution in [2.75, 3.05) is 0 Å². The molecule has 0 aromatic carbocycles. The van der Waals surface area contributed by atoms with E-state index in [0.717, 1.165) is 24.8 Å². The van der Waals surface area contributed by atoms with Gasteiger partial charge < -0.3 is 10.2 Å². The van der Waals surface area contributed by atoms with Crippen LogP contribution in [0.25, 0.3) is 0 Å². The van der Waals surface area contributed by atoms with Gasteiger partial charge in [-0.15, -0.1) is 0 Å². The van der Waals surface area contributed by atoms with Crippen molar-refractivity contribution in [2.45, 2.75) is 38.7 Å². The van der Waals surface area contributed by atoms with Crippen molar-refractivity contribution >= 4 is 5.97 Å². The second-order valence-electron chi connectivity index (χ2n) is 4.23. The molecule has 2 N–H and O–H groups in total. The molecule has 1 aliphatic carbocycles. The SMILES string of the molecule is CC(C)(O)C1CC/C(=C/C(=O)O)C1. The minimum atomic E-state index is -0.883. The number of hydrogen-bond donors (Lipinski definition) is 2. The molecule has 0 aromatic heterocycles. The molecule has 0 amide bonds. The monoisotopic (exact) mass is 184 g/mol. The van der Waals surface area contributed by atoms with Gasteiger partial charge in [-0.3, -0.25) is 0 Å². The summed E-state index contributed by atoms with van der Waals surface area (Å²) in [6.07, 6.45) is 3.69. The number of allylic oxidation sites excluding steroid dienone is 1. The Kier molecular flexibility index (Phi) is 2.76. The second kappa shape index (κ2) is 3.50. The van der Waals surface area contributed by atoms with Gasteiger partial charge in [-0.05, 0) is 39.0 Å². The summed E-state index contributed by atoms with van der Waals surface area (Å²) >= 11 is 0. The predicted octanol–water partition coefficient (Wildman–Crippen LogP) is 1.57. The summed E-state index contributed by atoms with van der Waals surface area (Å²) < 4.78 is 0. The highest BCUT2D eigenvalue weighted by atomic mass is 16.4. The van der Waals surface area contributed by atoms with Crippen molar-refractivity contribution < 1.29 is 15.0 Å². The fourth-order valence-corrected chi connectivity index (χ4v) is 1.79. The summed E-state index contributed by atoms with van der Waals surface area (Å²) in [7, 11) is 0. The second-order valence-corrected chi connectivity index (χ2v) is 4.23. The van der Waals surface area contributed by atoms with Crippen molar-refractivity contribution in [1.29, 1.82) is 0 Å². The Bertz CT molecular complexity index is 235. The van der Waals surface area contributed by atoms with E-state index < -0.39 is 11.6 Å². The van der Waals surface area contributed by atoms with E-state index in [-0.39, 0.29) is 5.92 Å². The standard InChI is InChI=1S/C10H16O3/c1-10(2,13)8-4-3-7(5-8)6-9(11)12/h6,8,13H,3-5H2,1-2H3,(H,11,12)/b7-6-. The van der Waals surface area contributed by atoms with Crippen LogP contribution in [0.3, 0.4) is 0 Å². The summed E-state index contributed by atoms with van der Waals surface area (Å²) in [5.41, 5.74) is 0.258. The lowest BCUT2D eigenvalue weighted by Gasteiger charge is -2.24. The lowest BCUT2D eigenvalue weighted by atomic mass is 9.89. The third-order valence-electron chi connectivity index (χ3n) is 2.65. The largest absolute Gasteiger partial charge is 0.478 e. The molecule has 1 rings (SSSR count). The van der Waals surface area contributed by atoms with Crippen molar-refractivity contribution in [3.8, 4) is 0 Å². The van der Waals surface area contributed by atoms with E-state index in [1.807, 2.05) is 0 Å². The Labute approximate surface area is 78.1 Å². The van der Waals surface area contributed by atoms with E-state index in [1.54, 1.807) is 13.8 Å². The molecular weight excluding hydrogens is 168 g/mol. The van der Waals surface area contributed by atoms with E-state index in [9.17, 15) is 9.90 Å². The molecule has 1 atom stereocenters. The van der Waals surface area contributed by atoms with Crippen molar-refractivity contribution in [3.63, 3.8) is 0 Å². The molecule has 0 spiro atoms. The van der Waals surface area contributed by atoms with Crippen molar-refractivity contribution in [3.05, 3.63) is 11.6 Å². The highest BCUT2D eigenvalue weighted by molar-refractivity contribution is 5.80. The molecule has 3 nitrogen and oxygen atoms in total. The maximum absolute atomic E-state index is 10.4. The van der Waals surface area contributed by atoms with Crippen molar-refractivity contribution in [2.24, 2.45) is 5.92 Å². The highest BCUT2D eigenvalue weighted by Crippen LogP contribution is 2.36. The van der Waals surface area contributed by atoms with Gasteiger partial charge in [-0.2, -0.15) is 0 Å². The van der Waals surface area contributed by atoms with Crippen LogP contribution in [0, 0.1) is 5.92 Å². The van der Waals surface area contributed by atoms with Crippen LogP contribution in [-0.4, -0.2) is 21.8 Å². The molecule has 3 heteroatoms. The molecule has 74 valence electrons. The van der Waals surface area contributed by atoms with Crippen LogP contribution in [0.4, 0.5) is 0 Å². The third-order valence-corrected chi connectivity index (χ3v) is 2.65. The Morgan fingerprint density at radius 1 is 1.62 bits per heavy atom. The van der Waals surface area contributed by atoms with Crippen LogP contribution in [0.2, 0.25) is 0 Å². The first-order valence-electron chi connectivity index (χ1n) is 4.54. The van der Waals surface area contributed by atoms with Crippen LogP contribution < -0.4 is 0 Å². The number of carbonyl (C=O) groups is 1. The number of hydrogen-bond acceptors (Lipinski definition) is 2. The van der Waals surface area contributed by atoms with Crippen LogP contribution in [0.15, 0.2) is 11.6 Å². The molecule has 13 heavy (non-hydrogen) atoms. The molecule has 1 unspecified atom stereocenters. The van der Waals surface area contributed by atoms with Crippen LogP contribution in [0.5, 0.6) is 0 Å². The number of aliphatic hydroxyl groups is 1. The lowest BCUT2D eigenvalue weighted by Crippen LogP contribution is -2.28. The summed E-state index contributed by atoms with van der Waals surface area (Å²) in [4.78, 5) is 10.4. The van der Waals surface area contributed by atoms with E-state index in [2.05, 4.69) is 0 Å². The van der Waals surface area contributed by atoms with Gasteiger partial charge in [0.1, 0.15) is 0 Å². The average molecular weight is 184 g/mol.